The fraction of sp³-hybridized carbons (Fsp3) is 0.785. The molecule has 0 aliphatic rings. The summed E-state index contributed by atoms with van der Waals surface area (Å²) in [5.41, 5.74) is 0. The normalized spacial score (nSPS) is 14.2. The minimum atomic E-state index is -4.70. The first-order chi connectivity index (χ1) is 36.4. The summed E-state index contributed by atoms with van der Waals surface area (Å²) in [7, 11) is 1.17. The van der Waals surface area contributed by atoms with Gasteiger partial charge in [0, 0.05) is 12.8 Å². The van der Waals surface area contributed by atoms with E-state index in [1.165, 1.54) is 135 Å². The van der Waals surface area contributed by atoms with Crippen molar-refractivity contribution in [1.29, 1.82) is 0 Å². The third-order valence-electron chi connectivity index (χ3n) is 13.7. The van der Waals surface area contributed by atoms with Crippen LogP contribution in [0, 0.1) is 0 Å². The third kappa shape index (κ3) is 56.0. The van der Waals surface area contributed by atoms with Gasteiger partial charge in [0.05, 0.1) is 33.8 Å². The lowest BCUT2D eigenvalue weighted by atomic mass is 10.0. The number of phosphoric acid groups is 1. The van der Waals surface area contributed by atoms with Crippen LogP contribution in [0.2, 0.25) is 0 Å². The second-order valence-corrected chi connectivity index (χ2v) is 23.6. The highest BCUT2D eigenvalue weighted by Crippen LogP contribution is 2.38. The van der Waals surface area contributed by atoms with Crippen molar-refractivity contribution in [1.82, 2.24) is 5.32 Å². The maximum Gasteiger partial charge on any atom is 0.306 e. The lowest BCUT2D eigenvalue weighted by Crippen LogP contribution is -2.47. The molecule has 1 N–H and O–H groups in total. The van der Waals surface area contributed by atoms with Gasteiger partial charge in [-0.3, -0.25) is 14.2 Å². The Morgan fingerprint density at radius 2 is 0.853 bits per heavy atom. The van der Waals surface area contributed by atoms with Crippen molar-refractivity contribution in [2.45, 2.75) is 290 Å². The average Bonchev–Trinajstić information content (AvgIpc) is 3.37. The van der Waals surface area contributed by atoms with Crippen LogP contribution in [-0.2, 0) is 27.9 Å². The van der Waals surface area contributed by atoms with Crippen molar-refractivity contribution >= 4 is 19.7 Å². The number of allylic oxidation sites excluding steroid dienone is 11. The van der Waals surface area contributed by atoms with E-state index in [1.807, 2.05) is 33.3 Å². The molecule has 0 saturated carbocycles. The Labute approximate surface area is 463 Å². The van der Waals surface area contributed by atoms with Crippen molar-refractivity contribution in [3.63, 3.8) is 0 Å². The maximum absolute atomic E-state index is 13.5. The maximum atomic E-state index is 13.5. The summed E-state index contributed by atoms with van der Waals surface area (Å²) in [6.07, 6.45) is 70.0. The highest BCUT2D eigenvalue weighted by molar-refractivity contribution is 7.45. The number of esters is 1. The fourth-order valence-electron chi connectivity index (χ4n) is 8.84. The van der Waals surface area contributed by atoms with Crippen molar-refractivity contribution in [2.24, 2.45) is 0 Å². The quantitative estimate of drug-likeness (QED) is 0.0212. The summed E-state index contributed by atoms with van der Waals surface area (Å²) in [5.74, 6) is -0.557. The van der Waals surface area contributed by atoms with Crippen molar-refractivity contribution in [3.8, 4) is 0 Å². The van der Waals surface area contributed by atoms with E-state index in [-0.39, 0.29) is 24.9 Å². The number of ether oxygens (including phenoxy) is 1. The Morgan fingerprint density at radius 1 is 0.480 bits per heavy atom. The van der Waals surface area contributed by atoms with Crippen molar-refractivity contribution in [2.75, 3.05) is 40.9 Å². The number of likely N-dealkylation sites (N-methyl/N-ethyl adjacent to an activating group) is 1. The molecule has 3 atom stereocenters. The molecule has 0 saturated heterocycles. The molecule has 75 heavy (non-hydrogen) atoms. The molecule has 0 spiro atoms. The third-order valence-corrected chi connectivity index (χ3v) is 14.6. The number of amides is 1. The number of hydrogen-bond donors (Lipinski definition) is 1. The van der Waals surface area contributed by atoms with Gasteiger partial charge in [-0.2, -0.15) is 0 Å². The molecule has 0 aliphatic carbocycles. The highest BCUT2D eigenvalue weighted by Gasteiger charge is 2.27. The first-order valence-electron chi connectivity index (χ1n) is 31.2. The number of hydrogen-bond acceptors (Lipinski definition) is 7. The van der Waals surface area contributed by atoms with Crippen LogP contribution in [0.4, 0.5) is 0 Å². The number of carbonyl (C=O) groups excluding carboxylic acids is 2. The zero-order valence-corrected chi connectivity index (χ0v) is 50.6. The molecule has 0 rings (SSSR count). The summed E-state index contributed by atoms with van der Waals surface area (Å²) >= 11 is 0. The lowest BCUT2D eigenvalue weighted by Gasteiger charge is -2.30. The van der Waals surface area contributed by atoms with E-state index in [9.17, 15) is 19.0 Å². The summed E-state index contributed by atoms with van der Waals surface area (Å²) in [6, 6.07) is -0.897. The van der Waals surface area contributed by atoms with Crippen LogP contribution in [0.5, 0.6) is 0 Å². The number of phosphoric ester groups is 1. The van der Waals surface area contributed by atoms with Gasteiger partial charge in [-0.05, 0) is 76.7 Å². The van der Waals surface area contributed by atoms with Crippen LogP contribution < -0.4 is 10.2 Å². The summed E-state index contributed by atoms with van der Waals surface area (Å²) in [4.78, 5) is 40.0. The van der Waals surface area contributed by atoms with Gasteiger partial charge in [-0.15, -0.1) is 0 Å². The van der Waals surface area contributed by atoms with E-state index >= 15 is 0 Å². The van der Waals surface area contributed by atoms with Gasteiger partial charge < -0.3 is 28.5 Å². The Balaban J connectivity index is 5.28. The Morgan fingerprint density at radius 3 is 1.28 bits per heavy atom. The zero-order valence-electron chi connectivity index (χ0n) is 49.7. The fourth-order valence-corrected chi connectivity index (χ4v) is 9.57. The molecule has 9 nitrogen and oxygen atoms in total. The number of carbonyl (C=O) groups is 2. The molecule has 0 radical (unpaired) electrons. The molecule has 10 heteroatoms. The Bertz CT molecular complexity index is 1510. The monoisotopic (exact) mass is 1070 g/mol. The second kappa shape index (κ2) is 54.8. The molecular weight excluding hydrogens is 952 g/mol. The Kier molecular flexibility index (Phi) is 52.9. The number of quaternary nitrogens is 1. The summed E-state index contributed by atoms with van der Waals surface area (Å²) < 4.78 is 30.3. The van der Waals surface area contributed by atoms with Gasteiger partial charge in [-0.1, -0.05) is 261 Å². The van der Waals surface area contributed by atoms with E-state index in [1.54, 1.807) is 0 Å². The van der Waals surface area contributed by atoms with Gasteiger partial charge in [0.1, 0.15) is 19.3 Å². The van der Waals surface area contributed by atoms with Crippen molar-refractivity contribution in [3.05, 3.63) is 72.9 Å². The van der Waals surface area contributed by atoms with E-state index in [2.05, 4.69) is 86.8 Å². The molecule has 1 amide bonds. The predicted molar refractivity (Wildman–Crippen MR) is 321 cm³/mol. The average molecular weight is 1070 g/mol. The van der Waals surface area contributed by atoms with Gasteiger partial charge >= 0.3 is 5.97 Å². The number of nitrogens with zero attached hydrogens (tertiary/aromatic N) is 1. The standard InChI is InChI=1S/C65H119N2O7P/c1-7-10-13-16-19-22-25-28-30-32-33-34-35-36-38-40-43-46-49-52-55-58-65(69)74-63(56-53-50-47-44-41-27-24-21-18-15-12-9-3)62(61-73-75(70,71)72-60-59-67(4,5)6)66-64(68)57-54-51-48-45-42-39-37-31-29-26-23-20-17-14-11-8-2/h10,13,19,22,28,30,33-34,36,38,53,56,62-63H,7-9,11-12,14-18,20-21,23-27,29,31-32,35,37,39-52,54-55,57-61H2,1-6H3,(H-,66,68,70,71)/b13-10-,22-19-,30-28-,34-33-,38-36-,56-53+. The first-order valence-corrected chi connectivity index (χ1v) is 32.7. The van der Waals surface area contributed by atoms with Crippen LogP contribution in [-0.4, -0.2) is 69.4 Å². The molecular formula is C65H119N2O7P. The minimum Gasteiger partial charge on any atom is -0.756 e. The first kappa shape index (κ1) is 72.5. The molecule has 0 aromatic rings. The van der Waals surface area contributed by atoms with Gasteiger partial charge in [-0.25, -0.2) is 0 Å². The van der Waals surface area contributed by atoms with Crippen molar-refractivity contribution < 1.29 is 37.3 Å². The van der Waals surface area contributed by atoms with E-state index < -0.39 is 26.6 Å². The zero-order chi connectivity index (χ0) is 55.0. The number of unbranched alkanes of at least 4 members (excludes halogenated alkanes) is 30. The molecule has 0 aromatic heterocycles. The summed E-state index contributed by atoms with van der Waals surface area (Å²) in [6.45, 7) is 6.73. The van der Waals surface area contributed by atoms with E-state index in [0.29, 0.717) is 23.9 Å². The molecule has 0 heterocycles. The van der Waals surface area contributed by atoms with Gasteiger partial charge in [0.25, 0.3) is 7.82 Å². The van der Waals surface area contributed by atoms with E-state index in [4.69, 9.17) is 13.8 Å². The molecule has 0 bridgehead atoms. The Hall–Kier alpha value is -2.55. The lowest BCUT2D eigenvalue weighted by molar-refractivity contribution is -0.870. The van der Waals surface area contributed by atoms with Gasteiger partial charge in [0.2, 0.25) is 5.91 Å². The summed E-state index contributed by atoms with van der Waals surface area (Å²) in [5, 5.41) is 3.03. The van der Waals surface area contributed by atoms with Crippen LogP contribution >= 0.6 is 7.82 Å². The van der Waals surface area contributed by atoms with Crippen LogP contribution in [0.15, 0.2) is 72.9 Å². The number of rotatable bonds is 56. The molecule has 0 aromatic carbocycles. The molecule has 3 unspecified atom stereocenters. The minimum absolute atomic E-state index is 0.0267. The topological polar surface area (TPSA) is 114 Å². The predicted octanol–water partition coefficient (Wildman–Crippen LogP) is 18.6. The second-order valence-electron chi connectivity index (χ2n) is 22.2. The van der Waals surface area contributed by atoms with Crippen LogP contribution in [0.1, 0.15) is 278 Å². The number of nitrogens with one attached hydrogen (secondary N) is 1. The van der Waals surface area contributed by atoms with Crippen LogP contribution in [0.25, 0.3) is 0 Å². The van der Waals surface area contributed by atoms with Crippen LogP contribution in [0.3, 0.4) is 0 Å². The smallest absolute Gasteiger partial charge is 0.306 e. The molecule has 0 fully saturated rings. The highest BCUT2D eigenvalue weighted by atomic mass is 31.2. The van der Waals surface area contributed by atoms with Gasteiger partial charge in [0.15, 0.2) is 0 Å². The molecule has 436 valence electrons. The molecule has 0 aliphatic heterocycles. The SMILES string of the molecule is CC/C=C\C/C=C\C/C=C\C/C=C\C/C=C\CCCCCCCC(=O)OC(/C=C/CCCCCCCCCCCC)C(COP(=O)([O-])OCC[N+](C)(C)C)NC(=O)CCCCCCCCCCCCCCCCCC. The largest absolute Gasteiger partial charge is 0.756 e. The van der Waals surface area contributed by atoms with E-state index in [0.717, 1.165) is 103 Å².